The molecule has 1 aliphatic heterocycles. The van der Waals surface area contributed by atoms with Crippen LogP contribution in [0.1, 0.15) is 31.4 Å². The van der Waals surface area contributed by atoms with Crippen LogP contribution in [0.25, 0.3) is 0 Å². The second kappa shape index (κ2) is 8.11. The number of hydrogen-bond acceptors (Lipinski definition) is 4. The zero-order chi connectivity index (χ0) is 15.2. The van der Waals surface area contributed by atoms with Gasteiger partial charge in [0.2, 0.25) is 0 Å². The number of β-amino-alcohol motifs (C(OH)–C–C–N with tert-alkyl or cyclic N) is 2. The summed E-state index contributed by atoms with van der Waals surface area (Å²) in [6.07, 6.45) is 0.959. The lowest BCUT2D eigenvalue weighted by atomic mass is 10.1. The van der Waals surface area contributed by atoms with Crippen LogP contribution < -0.4 is 0 Å². The molecule has 1 aromatic rings. The van der Waals surface area contributed by atoms with Crippen LogP contribution in [-0.2, 0) is 4.74 Å². The molecule has 0 amide bonds. The zero-order valence-electron chi connectivity index (χ0n) is 12.4. The summed E-state index contributed by atoms with van der Waals surface area (Å²) < 4.78 is 5.72. The molecule has 0 radical (unpaired) electrons. The number of halogens is 1. The Balaban J connectivity index is 1.72. The van der Waals surface area contributed by atoms with Gasteiger partial charge in [-0.15, -0.1) is 0 Å². The third kappa shape index (κ3) is 5.57. The Morgan fingerprint density at radius 3 is 2.76 bits per heavy atom. The topological polar surface area (TPSA) is 52.9 Å². The monoisotopic (exact) mass is 313 g/mol. The van der Waals surface area contributed by atoms with Crippen LogP contribution in [0.2, 0.25) is 5.02 Å². The smallest absolute Gasteiger partial charge is 0.0900 e. The molecule has 0 aliphatic carbocycles. The van der Waals surface area contributed by atoms with Crippen molar-refractivity contribution in [2.24, 2.45) is 0 Å². The Labute approximate surface area is 131 Å². The fourth-order valence-corrected chi connectivity index (χ4v) is 2.76. The number of nitrogens with zero attached hydrogens (tertiary/aromatic N) is 1. The third-order valence-corrected chi connectivity index (χ3v) is 4.08. The first-order chi connectivity index (χ1) is 10.0. The molecule has 4 nitrogen and oxygen atoms in total. The summed E-state index contributed by atoms with van der Waals surface area (Å²) in [4.78, 5) is 2.09. The van der Waals surface area contributed by atoms with E-state index in [9.17, 15) is 10.2 Å². The number of benzene rings is 1. The number of aliphatic hydroxyl groups is 2. The molecular formula is C16H24ClNO3. The number of ether oxygens (including phenoxy) is 1. The lowest BCUT2D eigenvalue weighted by Crippen LogP contribution is -2.43. The summed E-state index contributed by atoms with van der Waals surface area (Å²) in [5, 5.41) is 20.4. The van der Waals surface area contributed by atoms with Gasteiger partial charge in [0.25, 0.3) is 0 Å². The van der Waals surface area contributed by atoms with Crippen molar-refractivity contribution in [3.05, 3.63) is 34.9 Å². The standard InChI is InChI=1S/C16H24ClNO3/c1-12(13-4-6-14(17)7-5-13)21-11-16(20)10-18-8-2-3-15(19)9-18/h4-7,12,15-16,19-20H,2-3,8-11H2,1H3. The third-order valence-electron chi connectivity index (χ3n) is 3.83. The number of aliphatic hydroxyl groups excluding tert-OH is 2. The maximum absolute atomic E-state index is 10.1. The van der Waals surface area contributed by atoms with Gasteiger partial charge in [-0.05, 0) is 44.0 Å². The first kappa shape index (κ1) is 16.7. The van der Waals surface area contributed by atoms with Crippen LogP contribution >= 0.6 is 11.6 Å². The lowest BCUT2D eigenvalue weighted by Gasteiger charge is -2.31. The molecule has 0 bridgehead atoms. The second-order valence-electron chi connectivity index (χ2n) is 5.74. The van der Waals surface area contributed by atoms with Crippen molar-refractivity contribution in [2.75, 3.05) is 26.2 Å². The molecule has 1 saturated heterocycles. The van der Waals surface area contributed by atoms with Crippen molar-refractivity contribution in [3.8, 4) is 0 Å². The van der Waals surface area contributed by atoms with Crippen molar-refractivity contribution in [1.29, 1.82) is 0 Å². The molecule has 1 fully saturated rings. The van der Waals surface area contributed by atoms with E-state index in [1.807, 2.05) is 31.2 Å². The highest BCUT2D eigenvalue weighted by molar-refractivity contribution is 6.30. The summed E-state index contributed by atoms with van der Waals surface area (Å²) in [5.41, 5.74) is 1.04. The first-order valence-electron chi connectivity index (χ1n) is 7.50. The van der Waals surface area contributed by atoms with E-state index in [1.54, 1.807) is 0 Å². The average Bonchev–Trinajstić information content (AvgIpc) is 2.45. The molecule has 1 aromatic carbocycles. The highest BCUT2D eigenvalue weighted by atomic mass is 35.5. The minimum atomic E-state index is -0.537. The molecule has 1 aliphatic rings. The molecule has 1 heterocycles. The van der Waals surface area contributed by atoms with Crippen molar-refractivity contribution in [3.63, 3.8) is 0 Å². The molecule has 0 spiro atoms. The summed E-state index contributed by atoms with van der Waals surface area (Å²) in [7, 11) is 0. The quantitative estimate of drug-likeness (QED) is 0.845. The van der Waals surface area contributed by atoms with E-state index in [-0.39, 0.29) is 18.8 Å². The maximum atomic E-state index is 10.1. The Morgan fingerprint density at radius 1 is 1.38 bits per heavy atom. The fourth-order valence-electron chi connectivity index (χ4n) is 2.63. The van der Waals surface area contributed by atoms with Gasteiger partial charge in [0.15, 0.2) is 0 Å². The van der Waals surface area contributed by atoms with E-state index in [4.69, 9.17) is 16.3 Å². The summed E-state index contributed by atoms with van der Waals surface area (Å²) in [6, 6.07) is 7.53. The minimum Gasteiger partial charge on any atom is -0.392 e. The number of likely N-dealkylation sites (tertiary alicyclic amines) is 1. The predicted octanol–water partition coefficient (Wildman–Crippen LogP) is 2.24. The zero-order valence-corrected chi connectivity index (χ0v) is 13.2. The number of hydrogen-bond donors (Lipinski definition) is 2. The molecular weight excluding hydrogens is 290 g/mol. The number of piperidine rings is 1. The van der Waals surface area contributed by atoms with Crippen LogP contribution in [-0.4, -0.2) is 53.6 Å². The molecule has 3 unspecified atom stereocenters. The molecule has 3 atom stereocenters. The maximum Gasteiger partial charge on any atom is 0.0900 e. The van der Waals surface area contributed by atoms with Crippen molar-refractivity contribution >= 4 is 11.6 Å². The van der Waals surface area contributed by atoms with Crippen molar-refractivity contribution in [1.82, 2.24) is 4.90 Å². The van der Waals surface area contributed by atoms with E-state index < -0.39 is 6.10 Å². The molecule has 0 saturated carbocycles. The van der Waals surface area contributed by atoms with Crippen LogP contribution in [0.4, 0.5) is 0 Å². The van der Waals surface area contributed by atoms with Gasteiger partial charge in [-0.2, -0.15) is 0 Å². The van der Waals surface area contributed by atoms with Gasteiger partial charge < -0.3 is 14.9 Å². The fraction of sp³-hybridized carbons (Fsp3) is 0.625. The van der Waals surface area contributed by atoms with E-state index in [1.165, 1.54) is 0 Å². The van der Waals surface area contributed by atoms with Crippen LogP contribution in [0.5, 0.6) is 0 Å². The summed E-state index contributed by atoms with van der Waals surface area (Å²) in [6.45, 7) is 4.37. The second-order valence-corrected chi connectivity index (χ2v) is 6.17. The Kier molecular flexibility index (Phi) is 6.45. The van der Waals surface area contributed by atoms with Gasteiger partial charge in [0.1, 0.15) is 0 Å². The van der Waals surface area contributed by atoms with Gasteiger partial charge >= 0.3 is 0 Å². The normalized spacial score (nSPS) is 23.0. The van der Waals surface area contributed by atoms with Crippen LogP contribution in [0, 0.1) is 0 Å². The Morgan fingerprint density at radius 2 is 2.10 bits per heavy atom. The first-order valence-corrected chi connectivity index (χ1v) is 7.88. The van der Waals surface area contributed by atoms with Gasteiger partial charge in [-0.25, -0.2) is 0 Å². The van der Waals surface area contributed by atoms with Gasteiger partial charge in [-0.3, -0.25) is 4.90 Å². The van der Waals surface area contributed by atoms with Crippen molar-refractivity contribution in [2.45, 2.75) is 38.1 Å². The van der Waals surface area contributed by atoms with Gasteiger partial charge in [0, 0.05) is 18.1 Å². The Hall–Kier alpha value is -0.650. The number of rotatable bonds is 6. The molecule has 2 N–H and O–H groups in total. The summed E-state index contributed by atoms with van der Waals surface area (Å²) >= 11 is 5.86. The Bertz CT molecular complexity index is 426. The van der Waals surface area contributed by atoms with E-state index >= 15 is 0 Å². The predicted molar refractivity (Wildman–Crippen MR) is 83.5 cm³/mol. The minimum absolute atomic E-state index is 0.0798. The van der Waals surface area contributed by atoms with Crippen LogP contribution in [0.15, 0.2) is 24.3 Å². The van der Waals surface area contributed by atoms with E-state index in [0.717, 1.165) is 24.9 Å². The van der Waals surface area contributed by atoms with E-state index in [2.05, 4.69) is 4.90 Å². The highest BCUT2D eigenvalue weighted by Gasteiger charge is 2.20. The molecule has 2 rings (SSSR count). The van der Waals surface area contributed by atoms with Crippen molar-refractivity contribution < 1.29 is 14.9 Å². The average molecular weight is 314 g/mol. The van der Waals surface area contributed by atoms with Gasteiger partial charge in [0.05, 0.1) is 24.9 Å². The summed E-state index contributed by atoms with van der Waals surface area (Å²) in [5.74, 6) is 0. The lowest BCUT2D eigenvalue weighted by molar-refractivity contribution is -0.0262. The van der Waals surface area contributed by atoms with E-state index in [0.29, 0.717) is 18.1 Å². The molecule has 118 valence electrons. The molecule has 21 heavy (non-hydrogen) atoms. The van der Waals surface area contributed by atoms with Crippen LogP contribution in [0.3, 0.4) is 0 Å². The molecule has 0 aromatic heterocycles. The SMILES string of the molecule is CC(OCC(O)CN1CCCC(O)C1)c1ccc(Cl)cc1. The highest BCUT2D eigenvalue weighted by Crippen LogP contribution is 2.19. The molecule has 5 heteroatoms. The largest absolute Gasteiger partial charge is 0.392 e. The van der Waals surface area contributed by atoms with Gasteiger partial charge in [-0.1, -0.05) is 23.7 Å².